The fourth-order valence-corrected chi connectivity index (χ4v) is 3.75. The molecule has 0 bridgehead atoms. The van der Waals surface area contributed by atoms with Gasteiger partial charge in [0.1, 0.15) is 5.60 Å². The van der Waals surface area contributed by atoms with Crippen molar-refractivity contribution in [3.05, 3.63) is 81.6 Å². The molecule has 0 fully saturated rings. The zero-order valence-corrected chi connectivity index (χ0v) is 22.5. The lowest BCUT2D eigenvalue weighted by Crippen LogP contribution is -2.43. The number of aliphatic imine (C=N–C) groups is 1. The number of carbonyl (C=O) groups excluding carboxylic acids is 1. The molecule has 0 saturated heterocycles. The van der Waals surface area contributed by atoms with Crippen LogP contribution in [-0.4, -0.2) is 27.6 Å². The Balaban J connectivity index is 2.29. The van der Waals surface area contributed by atoms with Gasteiger partial charge in [-0.25, -0.2) is 4.79 Å². The van der Waals surface area contributed by atoms with Gasteiger partial charge in [0.15, 0.2) is 0 Å². The molecule has 6 nitrogen and oxygen atoms in total. The van der Waals surface area contributed by atoms with Crippen LogP contribution in [0.5, 0.6) is 0 Å². The first-order valence-electron chi connectivity index (χ1n) is 11.8. The van der Waals surface area contributed by atoms with Gasteiger partial charge in [0.2, 0.25) is 0 Å². The van der Waals surface area contributed by atoms with Crippen molar-refractivity contribution in [2.75, 3.05) is 11.6 Å². The van der Waals surface area contributed by atoms with Crippen molar-refractivity contribution >= 4 is 40.9 Å². The molecule has 0 aliphatic carbocycles. The fraction of sp³-hybridized carbons (Fsp3) is 0.276. The predicted molar refractivity (Wildman–Crippen MR) is 152 cm³/mol. The smallest absolute Gasteiger partial charge is 0.412 e. The van der Waals surface area contributed by atoms with E-state index in [1.54, 1.807) is 40.7 Å². The summed E-state index contributed by atoms with van der Waals surface area (Å²) >= 11 is 1.57. The topological polar surface area (TPSA) is 72.7 Å². The molecule has 1 amide bonds. The van der Waals surface area contributed by atoms with Gasteiger partial charge in [0.05, 0.1) is 16.1 Å². The molecule has 1 aromatic heterocycles. The molecule has 1 N–H and O–H groups in total. The van der Waals surface area contributed by atoms with E-state index in [0.717, 1.165) is 27.6 Å². The van der Waals surface area contributed by atoms with Gasteiger partial charge in [0.25, 0.3) is 5.56 Å². The van der Waals surface area contributed by atoms with Crippen molar-refractivity contribution in [1.29, 1.82) is 0 Å². The average Bonchev–Trinajstić information content (AvgIpc) is 2.83. The number of anilines is 1. The fourth-order valence-electron chi connectivity index (χ4n) is 3.59. The Morgan fingerprint density at radius 3 is 2.47 bits per heavy atom. The van der Waals surface area contributed by atoms with Crippen molar-refractivity contribution < 1.29 is 9.53 Å². The Labute approximate surface area is 216 Å². The van der Waals surface area contributed by atoms with Crippen molar-refractivity contribution in [2.45, 2.75) is 46.6 Å². The van der Waals surface area contributed by atoms with E-state index >= 15 is 0 Å². The van der Waals surface area contributed by atoms with Crippen LogP contribution in [0.1, 0.15) is 41.0 Å². The normalized spacial score (nSPS) is 13.1. The van der Waals surface area contributed by atoms with Gasteiger partial charge >= 0.3 is 6.09 Å². The third kappa shape index (κ3) is 6.98. The largest absolute Gasteiger partial charge is 0.444 e. The van der Waals surface area contributed by atoms with Crippen LogP contribution in [0, 0.1) is 0 Å². The second kappa shape index (κ2) is 11.9. The lowest BCUT2D eigenvalue weighted by Gasteiger charge is -2.20. The number of aromatic nitrogens is 1. The molecule has 36 heavy (non-hydrogen) atoms. The highest BCUT2D eigenvalue weighted by Crippen LogP contribution is 2.17. The summed E-state index contributed by atoms with van der Waals surface area (Å²) in [4.78, 5) is 30.9. The molecule has 3 rings (SSSR count). The van der Waals surface area contributed by atoms with Gasteiger partial charge in [-0.3, -0.25) is 19.7 Å². The number of nitrogens with zero attached hydrogens (tertiary/aromatic N) is 2. The van der Waals surface area contributed by atoms with Crippen LogP contribution in [0.3, 0.4) is 0 Å². The molecule has 1 heterocycles. The van der Waals surface area contributed by atoms with Gasteiger partial charge in [-0.15, -0.1) is 11.8 Å². The predicted octanol–water partition coefficient (Wildman–Crippen LogP) is 5.56. The number of benzene rings is 2. The lowest BCUT2D eigenvalue weighted by molar-refractivity contribution is 0.0636. The lowest BCUT2D eigenvalue weighted by atomic mass is 10.1. The van der Waals surface area contributed by atoms with E-state index in [4.69, 9.17) is 4.74 Å². The molecule has 0 aliphatic heterocycles. The van der Waals surface area contributed by atoms with Crippen LogP contribution < -0.4 is 21.4 Å². The van der Waals surface area contributed by atoms with E-state index < -0.39 is 11.7 Å². The number of hydrogen-bond donors (Lipinski definition) is 1. The zero-order chi connectivity index (χ0) is 26.3. The molecular weight excluding hydrogens is 470 g/mol. The molecule has 0 saturated carbocycles. The molecule has 0 atom stereocenters. The first kappa shape index (κ1) is 27.0. The summed E-state index contributed by atoms with van der Waals surface area (Å²) in [6.45, 7) is 9.40. The summed E-state index contributed by atoms with van der Waals surface area (Å²) in [5, 5.41) is 5.26. The first-order valence-corrected chi connectivity index (χ1v) is 13.1. The highest BCUT2D eigenvalue weighted by Gasteiger charge is 2.17. The minimum Gasteiger partial charge on any atom is -0.444 e. The zero-order valence-electron chi connectivity index (χ0n) is 21.7. The standard InChI is InChI=1S/C29H33N3O3S/c1-7-12-26-22(19-30-20(2)36-6)17-25(21-13-9-8-10-14-21)27(33)32(26)24-16-11-15-23(18-24)31-28(34)35-29(3,4)5/h8-19H,7H2,1-6H3,(H,31,34)/b22-19-,26-12-,30-20?. The van der Waals surface area contributed by atoms with E-state index in [1.807, 2.05) is 89.4 Å². The number of amides is 1. The Morgan fingerprint density at radius 2 is 1.83 bits per heavy atom. The molecule has 2 aromatic carbocycles. The maximum atomic E-state index is 13.9. The summed E-state index contributed by atoms with van der Waals surface area (Å²) < 4.78 is 7.07. The second-order valence-corrected chi connectivity index (χ2v) is 10.2. The number of hydrogen-bond acceptors (Lipinski definition) is 5. The van der Waals surface area contributed by atoms with Gasteiger partial charge in [-0.1, -0.05) is 49.4 Å². The molecule has 7 heteroatoms. The average molecular weight is 504 g/mol. The van der Waals surface area contributed by atoms with Crippen molar-refractivity contribution in [2.24, 2.45) is 4.99 Å². The molecule has 0 unspecified atom stereocenters. The molecule has 0 aliphatic rings. The number of pyridine rings is 1. The Morgan fingerprint density at radius 1 is 1.11 bits per heavy atom. The van der Waals surface area contributed by atoms with Gasteiger partial charge < -0.3 is 4.74 Å². The van der Waals surface area contributed by atoms with Gasteiger partial charge in [-0.2, -0.15) is 0 Å². The third-order valence-electron chi connectivity index (χ3n) is 5.18. The minimum atomic E-state index is -0.619. The quantitative estimate of drug-likeness (QED) is 0.365. The van der Waals surface area contributed by atoms with E-state index in [0.29, 0.717) is 16.9 Å². The van der Waals surface area contributed by atoms with Crippen LogP contribution in [0.15, 0.2) is 70.5 Å². The summed E-state index contributed by atoms with van der Waals surface area (Å²) in [6, 6.07) is 18.7. The van der Waals surface area contributed by atoms with E-state index in [2.05, 4.69) is 10.3 Å². The second-order valence-electron chi connectivity index (χ2n) is 9.18. The van der Waals surface area contributed by atoms with Crippen LogP contribution in [0.25, 0.3) is 29.1 Å². The maximum absolute atomic E-state index is 13.9. The molecular formula is C29H33N3O3S. The SMILES string of the molecule is CC/C=c1/c(=C\N=C(C)SC)cc(-c2ccccc2)c(=O)n1-c1cccc(NC(=O)OC(C)(C)C)c1. The van der Waals surface area contributed by atoms with E-state index in [-0.39, 0.29) is 5.56 Å². The summed E-state index contributed by atoms with van der Waals surface area (Å²) in [5.74, 6) is 0. The minimum absolute atomic E-state index is 0.155. The summed E-state index contributed by atoms with van der Waals surface area (Å²) in [6.07, 6.45) is 5.97. The van der Waals surface area contributed by atoms with Crippen LogP contribution in [0.2, 0.25) is 0 Å². The van der Waals surface area contributed by atoms with Gasteiger partial charge in [0, 0.05) is 22.7 Å². The molecule has 0 spiro atoms. The molecule has 188 valence electrons. The summed E-state index contributed by atoms with van der Waals surface area (Å²) in [5.41, 5.74) is 1.78. The van der Waals surface area contributed by atoms with Crippen molar-refractivity contribution in [1.82, 2.24) is 4.57 Å². The number of rotatable bonds is 5. The highest BCUT2D eigenvalue weighted by molar-refractivity contribution is 8.13. The number of ether oxygens (including phenoxy) is 1. The number of nitrogens with one attached hydrogen (secondary N) is 1. The Kier molecular flexibility index (Phi) is 8.93. The molecule has 0 radical (unpaired) electrons. The summed E-state index contributed by atoms with van der Waals surface area (Å²) in [7, 11) is 0. The monoisotopic (exact) mass is 503 g/mol. The van der Waals surface area contributed by atoms with Crippen molar-refractivity contribution in [3.8, 4) is 16.8 Å². The van der Waals surface area contributed by atoms with Crippen molar-refractivity contribution in [3.63, 3.8) is 0 Å². The third-order valence-corrected chi connectivity index (χ3v) is 5.88. The highest BCUT2D eigenvalue weighted by atomic mass is 32.2. The van der Waals surface area contributed by atoms with Crippen LogP contribution in [-0.2, 0) is 4.74 Å². The maximum Gasteiger partial charge on any atom is 0.412 e. The molecule has 3 aromatic rings. The van der Waals surface area contributed by atoms with Crippen LogP contribution >= 0.6 is 11.8 Å². The van der Waals surface area contributed by atoms with Gasteiger partial charge in [-0.05, 0) is 70.2 Å². The Bertz CT molecular complexity index is 1440. The van der Waals surface area contributed by atoms with Crippen LogP contribution in [0.4, 0.5) is 10.5 Å². The van der Waals surface area contributed by atoms with E-state index in [1.165, 1.54) is 0 Å². The van der Waals surface area contributed by atoms with E-state index in [9.17, 15) is 9.59 Å². The number of carbonyl (C=O) groups is 1. The number of thioether (sulfide) groups is 1. The first-order chi connectivity index (χ1) is 17.1. The Hall–Kier alpha value is -3.58.